The lowest BCUT2D eigenvalue weighted by molar-refractivity contribution is -0.886. The van der Waals surface area contributed by atoms with Crippen molar-refractivity contribution < 1.29 is 18.9 Å². The fourth-order valence-electron chi connectivity index (χ4n) is 2.41. The largest absolute Gasteiger partial charge is 0.455 e. The van der Waals surface area contributed by atoms with Gasteiger partial charge in [-0.05, 0) is 49.7 Å². The molecule has 3 N–H and O–H groups in total. The summed E-state index contributed by atoms with van der Waals surface area (Å²) in [6.07, 6.45) is 0.807. The standard InChI is InChI=1S/C19H24ClN3O3/c1-4-13(2)21-19(25)22-18(24)12-23(3)11-16-9-10-17(26-16)14-5-7-15(20)8-6-14/h5-10,13H,4,11-12H2,1-3H3,(H2,21,22,24,25)/p+1/t13-/m0/s1. The van der Waals surface area contributed by atoms with E-state index in [0.717, 1.165) is 28.4 Å². The summed E-state index contributed by atoms with van der Waals surface area (Å²) < 4.78 is 5.84. The van der Waals surface area contributed by atoms with Crippen LogP contribution in [0.2, 0.25) is 5.02 Å². The number of furan rings is 1. The third kappa shape index (κ3) is 6.20. The van der Waals surface area contributed by atoms with Crippen LogP contribution >= 0.6 is 11.6 Å². The van der Waals surface area contributed by atoms with E-state index < -0.39 is 6.03 Å². The number of halogens is 1. The molecule has 2 aromatic rings. The number of nitrogens with one attached hydrogen (secondary N) is 3. The Bertz CT molecular complexity index is 743. The van der Waals surface area contributed by atoms with Gasteiger partial charge in [0.15, 0.2) is 12.3 Å². The van der Waals surface area contributed by atoms with Gasteiger partial charge in [0.2, 0.25) is 0 Å². The Kier molecular flexibility index (Phi) is 7.24. The number of carbonyl (C=O) groups is 2. The molecule has 1 aromatic heterocycles. The predicted octanol–water partition coefficient (Wildman–Crippen LogP) is 2.24. The maximum atomic E-state index is 11.9. The van der Waals surface area contributed by atoms with Crippen LogP contribution in [0.25, 0.3) is 11.3 Å². The minimum absolute atomic E-state index is 0.0299. The minimum Gasteiger partial charge on any atom is -0.455 e. The Labute approximate surface area is 158 Å². The van der Waals surface area contributed by atoms with Crippen LogP contribution in [-0.2, 0) is 11.3 Å². The third-order valence-corrected chi connectivity index (χ3v) is 4.22. The van der Waals surface area contributed by atoms with Crippen molar-refractivity contribution in [2.75, 3.05) is 13.6 Å². The molecule has 26 heavy (non-hydrogen) atoms. The molecule has 140 valence electrons. The van der Waals surface area contributed by atoms with Crippen LogP contribution in [0.5, 0.6) is 0 Å². The monoisotopic (exact) mass is 378 g/mol. The lowest BCUT2D eigenvalue weighted by Crippen LogP contribution is -3.09. The molecule has 0 radical (unpaired) electrons. The third-order valence-electron chi connectivity index (χ3n) is 3.97. The molecular weight excluding hydrogens is 354 g/mol. The lowest BCUT2D eigenvalue weighted by atomic mass is 10.2. The molecule has 6 nitrogen and oxygen atoms in total. The number of quaternary nitrogens is 1. The highest BCUT2D eigenvalue weighted by Crippen LogP contribution is 2.23. The van der Waals surface area contributed by atoms with Crippen molar-refractivity contribution in [1.29, 1.82) is 0 Å². The molecule has 0 spiro atoms. The predicted molar refractivity (Wildman–Crippen MR) is 101 cm³/mol. The number of carbonyl (C=O) groups excluding carboxylic acids is 2. The van der Waals surface area contributed by atoms with E-state index in [9.17, 15) is 9.59 Å². The van der Waals surface area contributed by atoms with Crippen LogP contribution in [0.15, 0.2) is 40.8 Å². The van der Waals surface area contributed by atoms with Crippen LogP contribution in [0, 0.1) is 0 Å². The molecule has 0 saturated heterocycles. The van der Waals surface area contributed by atoms with Gasteiger partial charge in [0, 0.05) is 16.6 Å². The van der Waals surface area contributed by atoms with E-state index in [4.69, 9.17) is 16.0 Å². The van der Waals surface area contributed by atoms with Crippen molar-refractivity contribution in [3.63, 3.8) is 0 Å². The first-order valence-corrected chi connectivity index (χ1v) is 9.01. The molecule has 0 aliphatic carbocycles. The first kappa shape index (κ1) is 20.0. The van der Waals surface area contributed by atoms with Gasteiger partial charge >= 0.3 is 6.03 Å². The second-order valence-corrected chi connectivity index (χ2v) is 6.85. The first-order chi connectivity index (χ1) is 12.4. The summed E-state index contributed by atoms with van der Waals surface area (Å²) in [5, 5.41) is 5.72. The van der Waals surface area contributed by atoms with E-state index in [2.05, 4.69) is 10.6 Å². The molecule has 0 aliphatic heterocycles. The van der Waals surface area contributed by atoms with E-state index in [1.54, 1.807) is 0 Å². The molecule has 1 aromatic carbocycles. The second-order valence-electron chi connectivity index (χ2n) is 6.41. The Morgan fingerprint density at radius 3 is 2.54 bits per heavy atom. The zero-order chi connectivity index (χ0) is 19.1. The van der Waals surface area contributed by atoms with Crippen molar-refractivity contribution in [3.8, 4) is 11.3 Å². The van der Waals surface area contributed by atoms with E-state index in [1.807, 2.05) is 57.3 Å². The molecule has 0 bridgehead atoms. The number of likely N-dealkylation sites (N-methyl/N-ethyl adjacent to an activating group) is 1. The molecule has 2 atom stereocenters. The SMILES string of the molecule is CC[C@H](C)NC(=O)NC(=O)C[NH+](C)Cc1ccc(-c2ccc(Cl)cc2)o1. The van der Waals surface area contributed by atoms with Gasteiger partial charge in [-0.2, -0.15) is 0 Å². The maximum absolute atomic E-state index is 11.9. The quantitative estimate of drug-likeness (QED) is 0.691. The number of benzene rings is 1. The molecule has 0 aliphatic rings. The fraction of sp³-hybridized carbons (Fsp3) is 0.368. The zero-order valence-corrected chi connectivity index (χ0v) is 16.0. The van der Waals surface area contributed by atoms with Crippen LogP contribution in [0.1, 0.15) is 26.0 Å². The zero-order valence-electron chi connectivity index (χ0n) is 15.3. The summed E-state index contributed by atoms with van der Waals surface area (Å²) in [6, 6.07) is 10.8. The van der Waals surface area contributed by atoms with E-state index in [-0.39, 0.29) is 18.5 Å². The Morgan fingerprint density at radius 2 is 1.88 bits per heavy atom. The summed E-state index contributed by atoms with van der Waals surface area (Å²) in [4.78, 5) is 24.5. The molecular formula is C19H25ClN3O3+. The number of hydrogen-bond donors (Lipinski definition) is 3. The van der Waals surface area contributed by atoms with Gasteiger partial charge in [-0.25, -0.2) is 4.79 Å². The van der Waals surface area contributed by atoms with Gasteiger partial charge in [0.25, 0.3) is 5.91 Å². The Morgan fingerprint density at radius 1 is 1.19 bits per heavy atom. The summed E-state index contributed by atoms with van der Waals surface area (Å²) in [6.45, 7) is 4.56. The van der Waals surface area contributed by atoms with Crippen molar-refractivity contribution in [3.05, 3.63) is 47.2 Å². The second kappa shape index (κ2) is 9.40. The molecule has 0 fully saturated rings. The molecule has 1 heterocycles. The van der Waals surface area contributed by atoms with Crippen molar-refractivity contribution in [2.45, 2.75) is 32.9 Å². The number of hydrogen-bond acceptors (Lipinski definition) is 3. The van der Waals surface area contributed by atoms with Gasteiger partial charge in [0.05, 0.1) is 7.05 Å². The van der Waals surface area contributed by atoms with Crippen molar-refractivity contribution in [2.24, 2.45) is 0 Å². The maximum Gasteiger partial charge on any atom is 0.321 e. The number of amides is 3. The molecule has 1 unspecified atom stereocenters. The summed E-state index contributed by atoms with van der Waals surface area (Å²) >= 11 is 5.89. The van der Waals surface area contributed by atoms with Crippen LogP contribution in [-0.4, -0.2) is 31.6 Å². The van der Waals surface area contributed by atoms with E-state index >= 15 is 0 Å². The first-order valence-electron chi connectivity index (χ1n) is 8.63. The molecule has 2 rings (SSSR count). The average molecular weight is 379 g/mol. The summed E-state index contributed by atoms with van der Waals surface area (Å²) in [7, 11) is 1.87. The molecule has 7 heteroatoms. The number of imide groups is 1. The van der Waals surface area contributed by atoms with E-state index in [1.165, 1.54) is 0 Å². The normalized spacial score (nSPS) is 13.1. The van der Waals surface area contributed by atoms with Crippen molar-refractivity contribution >= 4 is 23.5 Å². The van der Waals surface area contributed by atoms with Gasteiger partial charge < -0.3 is 14.6 Å². The topological polar surface area (TPSA) is 75.8 Å². The number of urea groups is 1. The van der Waals surface area contributed by atoms with E-state index in [0.29, 0.717) is 11.6 Å². The highest BCUT2D eigenvalue weighted by molar-refractivity contribution is 6.30. The summed E-state index contributed by atoms with van der Waals surface area (Å²) in [5.41, 5.74) is 0.942. The highest BCUT2D eigenvalue weighted by atomic mass is 35.5. The van der Waals surface area contributed by atoms with Crippen LogP contribution in [0.4, 0.5) is 4.79 Å². The highest BCUT2D eigenvalue weighted by Gasteiger charge is 2.16. The molecule has 3 amide bonds. The Balaban J connectivity index is 1.84. The Hall–Kier alpha value is -2.31. The average Bonchev–Trinajstić information content (AvgIpc) is 3.03. The van der Waals surface area contributed by atoms with Gasteiger partial charge in [-0.15, -0.1) is 0 Å². The number of rotatable bonds is 7. The molecule has 0 saturated carbocycles. The summed E-state index contributed by atoms with van der Waals surface area (Å²) in [5.74, 6) is 1.19. The van der Waals surface area contributed by atoms with Crippen LogP contribution < -0.4 is 15.5 Å². The van der Waals surface area contributed by atoms with Gasteiger partial charge in [-0.3, -0.25) is 10.1 Å². The van der Waals surface area contributed by atoms with Crippen molar-refractivity contribution in [1.82, 2.24) is 10.6 Å². The minimum atomic E-state index is -0.458. The fourth-order valence-corrected chi connectivity index (χ4v) is 2.53. The smallest absolute Gasteiger partial charge is 0.321 e. The van der Waals surface area contributed by atoms with Gasteiger partial charge in [0.1, 0.15) is 12.3 Å². The lowest BCUT2D eigenvalue weighted by Gasteiger charge is -2.14. The van der Waals surface area contributed by atoms with Crippen LogP contribution in [0.3, 0.4) is 0 Å². The van der Waals surface area contributed by atoms with Gasteiger partial charge in [-0.1, -0.05) is 18.5 Å².